The quantitative estimate of drug-likeness (QED) is 0.0882. The Kier molecular flexibility index (Phi) is 14.4. The van der Waals surface area contributed by atoms with E-state index in [1.54, 1.807) is 12.1 Å². The van der Waals surface area contributed by atoms with Gasteiger partial charge in [0.15, 0.2) is 9.84 Å². The zero-order chi connectivity index (χ0) is 42.3. The smallest absolute Gasteiger partial charge is 0.320 e. The SMILES string of the molecule is Cc1c(COc2cc(OCc3cncc(S(C)(=O)=O)c3)c(CN3CCCC[C@H]3C(=O)O)cc2Cl)cccc1-c1cccc(OCCCN2CCC(CO)(C(=O)O)C2)c1Cl. The fraction of sp³-hybridized carbons (Fsp3) is 0.419. The number of ether oxygens (including phenoxy) is 3. The van der Waals surface area contributed by atoms with Gasteiger partial charge in [-0.3, -0.25) is 19.5 Å². The van der Waals surface area contributed by atoms with Crippen molar-refractivity contribution in [3.63, 3.8) is 0 Å². The van der Waals surface area contributed by atoms with Crippen molar-refractivity contribution < 1.29 is 47.5 Å². The van der Waals surface area contributed by atoms with Gasteiger partial charge in [0.05, 0.1) is 28.2 Å². The molecular weight excluding hydrogens is 821 g/mol. The molecule has 13 nitrogen and oxygen atoms in total. The predicted octanol–water partition coefficient (Wildman–Crippen LogP) is 6.90. The van der Waals surface area contributed by atoms with E-state index in [0.29, 0.717) is 90.5 Å². The minimum atomic E-state index is -3.49. The third kappa shape index (κ3) is 10.7. The van der Waals surface area contributed by atoms with Gasteiger partial charge >= 0.3 is 11.9 Å². The zero-order valence-electron chi connectivity index (χ0n) is 33.0. The topological polar surface area (TPSA) is 176 Å². The number of carboxylic acids is 2. The van der Waals surface area contributed by atoms with Gasteiger partial charge in [0.1, 0.15) is 41.9 Å². The van der Waals surface area contributed by atoms with E-state index < -0.39 is 33.2 Å². The molecule has 2 aliphatic heterocycles. The Balaban J connectivity index is 1.17. The number of carboxylic acid groups (broad SMARTS) is 2. The molecule has 2 aliphatic rings. The van der Waals surface area contributed by atoms with E-state index in [1.165, 1.54) is 18.5 Å². The molecule has 3 N–H and O–H groups in total. The van der Waals surface area contributed by atoms with Gasteiger partial charge in [-0.25, -0.2) is 8.42 Å². The Morgan fingerprint density at radius 3 is 2.41 bits per heavy atom. The molecule has 3 heterocycles. The van der Waals surface area contributed by atoms with E-state index in [9.17, 15) is 33.3 Å². The third-order valence-electron chi connectivity index (χ3n) is 11.1. The van der Waals surface area contributed by atoms with Gasteiger partial charge in [-0.05, 0) is 80.6 Å². The van der Waals surface area contributed by atoms with Crippen LogP contribution < -0.4 is 14.2 Å². The van der Waals surface area contributed by atoms with Crippen LogP contribution in [0.4, 0.5) is 0 Å². The summed E-state index contributed by atoms with van der Waals surface area (Å²) >= 11 is 13.8. The van der Waals surface area contributed by atoms with Crippen LogP contribution in [0.5, 0.6) is 17.2 Å². The number of likely N-dealkylation sites (tertiary alicyclic amines) is 2. The number of hydrogen-bond donors (Lipinski definition) is 3. The summed E-state index contributed by atoms with van der Waals surface area (Å²) in [4.78, 5) is 31.9. The van der Waals surface area contributed by atoms with Gasteiger partial charge in [0, 0.05) is 61.0 Å². The highest BCUT2D eigenvalue weighted by molar-refractivity contribution is 7.90. The molecule has 0 radical (unpaired) electrons. The standard InChI is InChI=1S/C43H49Cl2N3O10S/c1-28-30(8-5-9-33(28)34-10-6-12-37(40(34)45)56-17-7-14-47-16-13-43(26-47,27-49)42(52)53)25-58-39-20-38(57-24-29-18-32(22-46-21-29)59(2,54)55)31(19-35(39)44)23-48-15-4-3-11-36(48)41(50)51/h5-6,8-10,12,18-22,36,49H,3-4,7,11,13-17,23-27H2,1-2H3,(H,50,51)(H,52,53)/t36-,43?/m0/s1. The first kappa shape index (κ1) is 44.1. The first-order chi connectivity index (χ1) is 28.2. The predicted molar refractivity (Wildman–Crippen MR) is 223 cm³/mol. The molecule has 1 aromatic heterocycles. The minimum absolute atomic E-state index is 0.00597. The highest BCUT2D eigenvalue weighted by Gasteiger charge is 2.44. The fourth-order valence-corrected chi connectivity index (χ4v) is 8.78. The number of pyridine rings is 1. The van der Waals surface area contributed by atoms with Crippen molar-refractivity contribution >= 4 is 45.0 Å². The maximum Gasteiger partial charge on any atom is 0.320 e. The number of aromatic nitrogens is 1. The Bertz CT molecular complexity index is 2280. The van der Waals surface area contributed by atoms with E-state index in [-0.39, 0.29) is 31.3 Å². The normalized spacial score (nSPS) is 18.8. The maximum atomic E-state index is 12.2. The van der Waals surface area contributed by atoms with Crippen LogP contribution in [0, 0.1) is 12.3 Å². The van der Waals surface area contributed by atoms with Gasteiger partial charge in [0.25, 0.3) is 0 Å². The van der Waals surface area contributed by atoms with Crippen molar-refractivity contribution in [2.24, 2.45) is 5.41 Å². The van der Waals surface area contributed by atoms with Crippen LogP contribution in [-0.2, 0) is 39.2 Å². The number of sulfone groups is 1. The molecule has 2 saturated heterocycles. The largest absolute Gasteiger partial charge is 0.492 e. The Morgan fingerprint density at radius 1 is 0.915 bits per heavy atom. The number of carbonyl (C=O) groups is 2. The van der Waals surface area contributed by atoms with Crippen LogP contribution in [-0.4, -0.2) is 102 Å². The second kappa shape index (κ2) is 19.3. The van der Waals surface area contributed by atoms with Crippen molar-refractivity contribution in [1.82, 2.24) is 14.8 Å². The average Bonchev–Trinajstić information content (AvgIpc) is 3.65. The van der Waals surface area contributed by atoms with Crippen LogP contribution in [0.3, 0.4) is 0 Å². The molecular formula is C43H49Cl2N3O10S. The molecule has 0 aliphatic carbocycles. The number of aliphatic carboxylic acids is 2. The molecule has 316 valence electrons. The summed E-state index contributed by atoms with van der Waals surface area (Å²) in [7, 11) is -3.49. The summed E-state index contributed by atoms with van der Waals surface area (Å²) in [6.45, 7) is 4.52. The lowest BCUT2D eigenvalue weighted by molar-refractivity contribution is -0.150. The minimum Gasteiger partial charge on any atom is -0.492 e. The second-order valence-corrected chi connectivity index (χ2v) is 18.1. The van der Waals surface area contributed by atoms with E-state index in [4.69, 9.17) is 37.4 Å². The summed E-state index contributed by atoms with van der Waals surface area (Å²) in [6, 6.07) is 15.7. The molecule has 0 bridgehead atoms. The molecule has 2 atom stereocenters. The zero-order valence-corrected chi connectivity index (χ0v) is 35.4. The number of aliphatic hydroxyl groups is 1. The average molecular weight is 871 g/mol. The van der Waals surface area contributed by atoms with Gasteiger partial charge in [-0.2, -0.15) is 0 Å². The van der Waals surface area contributed by atoms with Crippen LogP contribution in [0.2, 0.25) is 10.0 Å². The molecule has 0 saturated carbocycles. The molecule has 6 rings (SSSR count). The lowest BCUT2D eigenvalue weighted by atomic mass is 9.88. The van der Waals surface area contributed by atoms with Gasteiger partial charge in [0.2, 0.25) is 0 Å². The lowest BCUT2D eigenvalue weighted by Crippen LogP contribution is -2.44. The summed E-state index contributed by atoms with van der Waals surface area (Å²) in [6.07, 6.45) is 7.21. The van der Waals surface area contributed by atoms with Crippen molar-refractivity contribution in [2.45, 2.75) is 69.7 Å². The molecule has 0 spiro atoms. The number of piperidine rings is 1. The number of rotatable bonds is 18. The summed E-state index contributed by atoms with van der Waals surface area (Å²) < 4.78 is 43.0. The second-order valence-electron chi connectivity index (χ2n) is 15.3. The molecule has 1 unspecified atom stereocenters. The lowest BCUT2D eigenvalue weighted by Gasteiger charge is -2.33. The van der Waals surface area contributed by atoms with E-state index in [0.717, 1.165) is 41.4 Å². The fourth-order valence-electron chi connectivity index (χ4n) is 7.64. The Morgan fingerprint density at radius 2 is 1.68 bits per heavy atom. The highest BCUT2D eigenvalue weighted by atomic mass is 35.5. The van der Waals surface area contributed by atoms with Crippen LogP contribution in [0.15, 0.2) is 71.9 Å². The summed E-state index contributed by atoms with van der Waals surface area (Å²) in [5.74, 6) is -0.571. The number of halogens is 2. The molecule has 4 aromatic rings. The Labute approximate surface area is 354 Å². The maximum absolute atomic E-state index is 12.2. The number of benzene rings is 3. The van der Waals surface area contributed by atoms with E-state index in [2.05, 4.69) is 4.98 Å². The molecule has 3 aromatic carbocycles. The molecule has 0 amide bonds. The highest BCUT2D eigenvalue weighted by Crippen LogP contribution is 2.39. The number of hydrogen-bond acceptors (Lipinski definition) is 11. The van der Waals surface area contributed by atoms with E-state index in [1.807, 2.05) is 53.1 Å². The summed E-state index contributed by atoms with van der Waals surface area (Å²) in [5.41, 5.74) is 3.56. The van der Waals surface area contributed by atoms with Crippen molar-refractivity contribution in [1.29, 1.82) is 0 Å². The van der Waals surface area contributed by atoms with Crippen molar-refractivity contribution in [3.8, 4) is 28.4 Å². The Hall–Kier alpha value is -4.44. The monoisotopic (exact) mass is 869 g/mol. The molecule has 59 heavy (non-hydrogen) atoms. The first-order valence-electron chi connectivity index (χ1n) is 19.4. The number of aliphatic hydroxyl groups excluding tert-OH is 1. The van der Waals surface area contributed by atoms with Gasteiger partial charge in [-0.1, -0.05) is 60.0 Å². The van der Waals surface area contributed by atoms with Gasteiger partial charge in [-0.15, -0.1) is 0 Å². The number of nitrogens with zero attached hydrogens (tertiary/aromatic N) is 3. The van der Waals surface area contributed by atoms with Crippen molar-refractivity contribution in [3.05, 3.63) is 99.3 Å². The third-order valence-corrected chi connectivity index (χ3v) is 12.9. The van der Waals surface area contributed by atoms with Gasteiger partial charge < -0.3 is 34.4 Å². The first-order valence-corrected chi connectivity index (χ1v) is 22.1. The van der Waals surface area contributed by atoms with E-state index >= 15 is 0 Å². The van der Waals surface area contributed by atoms with Crippen molar-refractivity contribution in [2.75, 3.05) is 45.6 Å². The molecule has 2 fully saturated rings. The summed E-state index contributed by atoms with van der Waals surface area (Å²) in [5, 5.41) is 29.9. The molecule has 16 heteroatoms. The van der Waals surface area contributed by atoms with Crippen LogP contribution >= 0.6 is 23.2 Å². The van der Waals surface area contributed by atoms with Crippen LogP contribution in [0.1, 0.15) is 54.4 Å². The van der Waals surface area contributed by atoms with Crippen LogP contribution in [0.25, 0.3) is 11.1 Å².